The Balaban J connectivity index is 1.86. The van der Waals surface area contributed by atoms with Gasteiger partial charge in [-0.25, -0.2) is 9.59 Å². The molecule has 0 atom stereocenters. The Bertz CT molecular complexity index is 987. The Morgan fingerprint density at radius 2 is 1.86 bits per heavy atom. The van der Waals surface area contributed by atoms with Crippen LogP contribution >= 0.6 is 0 Å². The molecule has 0 aliphatic carbocycles. The number of aromatic carboxylic acids is 1. The Labute approximate surface area is 166 Å². The third-order valence-corrected chi connectivity index (χ3v) is 4.36. The van der Waals surface area contributed by atoms with E-state index in [0.717, 1.165) is 5.56 Å². The van der Waals surface area contributed by atoms with Crippen LogP contribution in [0, 0.1) is 6.92 Å². The summed E-state index contributed by atoms with van der Waals surface area (Å²) < 4.78 is 15.5. The summed E-state index contributed by atoms with van der Waals surface area (Å²) in [6.07, 6.45) is 0. The number of aryl methyl sites for hydroxylation is 1. The first-order valence-electron chi connectivity index (χ1n) is 8.67. The van der Waals surface area contributed by atoms with Gasteiger partial charge in [-0.1, -0.05) is 6.07 Å². The number of amides is 1. The molecule has 2 aromatic rings. The maximum Gasteiger partial charge on any atom is 0.337 e. The number of fused-ring (bicyclic) bond motifs is 1. The standard InChI is InChI=1S/C20H20N2O7/c1-11-4-5-15-14(6-11)22(10-19(24)29-15)9-18(23)21-13-8-17(28-3)16(27-2)7-12(13)20(25)26/h4-8H,9-10H2,1-3H3,(H,21,23)(H,25,26). The van der Waals surface area contributed by atoms with Crippen LogP contribution in [0.3, 0.4) is 0 Å². The number of esters is 1. The van der Waals surface area contributed by atoms with Gasteiger partial charge in [-0.2, -0.15) is 0 Å². The summed E-state index contributed by atoms with van der Waals surface area (Å²) in [6.45, 7) is 1.62. The molecule has 152 valence electrons. The number of nitrogens with one attached hydrogen (secondary N) is 1. The van der Waals surface area contributed by atoms with Gasteiger partial charge in [0.25, 0.3) is 0 Å². The Morgan fingerprint density at radius 1 is 1.17 bits per heavy atom. The molecule has 0 unspecified atom stereocenters. The lowest BCUT2D eigenvalue weighted by molar-refractivity contribution is -0.133. The Hall–Kier alpha value is -3.75. The molecule has 2 aromatic carbocycles. The first-order valence-corrected chi connectivity index (χ1v) is 8.67. The van der Waals surface area contributed by atoms with Gasteiger partial charge in [-0.3, -0.25) is 4.79 Å². The molecule has 0 aromatic heterocycles. The average molecular weight is 400 g/mol. The molecule has 29 heavy (non-hydrogen) atoms. The zero-order chi connectivity index (χ0) is 21.1. The molecule has 3 rings (SSSR count). The SMILES string of the molecule is COc1cc(NC(=O)CN2CC(=O)Oc3ccc(C)cc32)c(C(=O)O)cc1OC. The molecule has 1 heterocycles. The maximum atomic E-state index is 12.6. The molecule has 0 radical (unpaired) electrons. The van der Waals surface area contributed by atoms with Crippen molar-refractivity contribution in [3.63, 3.8) is 0 Å². The fraction of sp³-hybridized carbons (Fsp3) is 0.250. The van der Waals surface area contributed by atoms with E-state index >= 15 is 0 Å². The van der Waals surface area contributed by atoms with Gasteiger partial charge < -0.3 is 29.5 Å². The van der Waals surface area contributed by atoms with E-state index in [1.807, 2.05) is 13.0 Å². The van der Waals surface area contributed by atoms with E-state index in [4.69, 9.17) is 14.2 Å². The minimum atomic E-state index is -1.23. The smallest absolute Gasteiger partial charge is 0.337 e. The van der Waals surface area contributed by atoms with Crippen LogP contribution in [0.15, 0.2) is 30.3 Å². The lowest BCUT2D eigenvalue weighted by Crippen LogP contribution is -2.41. The van der Waals surface area contributed by atoms with E-state index < -0.39 is 17.8 Å². The molecule has 0 fully saturated rings. The van der Waals surface area contributed by atoms with E-state index in [1.54, 1.807) is 17.0 Å². The van der Waals surface area contributed by atoms with Crippen LogP contribution in [0.2, 0.25) is 0 Å². The number of methoxy groups -OCH3 is 2. The highest BCUT2D eigenvalue weighted by atomic mass is 16.5. The number of carbonyl (C=O) groups excluding carboxylic acids is 2. The van der Waals surface area contributed by atoms with Gasteiger partial charge in [0.05, 0.1) is 37.7 Å². The second-order valence-electron chi connectivity index (χ2n) is 6.41. The summed E-state index contributed by atoms with van der Waals surface area (Å²) in [6, 6.07) is 7.94. The molecule has 9 heteroatoms. The molecule has 0 saturated carbocycles. The predicted octanol–water partition coefficient (Wildman–Crippen LogP) is 2.07. The molecular weight excluding hydrogens is 380 g/mol. The number of nitrogens with zero attached hydrogens (tertiary/aromatic N) is 1. The number of hydrogen-bond acceptors (Lipinski definition) is 7. The van der Waals surface area contributed by atoms with Gasteiger partial charge >= 0.3 is 11.9 Å². The van der Waals surface area contributed by atoms with E-state index in [-0.39, 0.29) is 35.8 Å². The van der Waals surface area contributed by atoms with E-state index in [2.05, 4.69) is 5.32 Å². The van der Waals surface area contributed by atoms with Crippen molar-refractivity contribution in [3.8, 4) is 17.2 Å². The largest absolute Gasteiger partial charge is 0.493 e. The minimum absolute atomic E-state index is 0.0594. The molecule has 9 nitrogen and oxygen atoms in total. The fourth-order valence-electron chi connectivity index (χ4n) is 3.02. The highest BCUT2D eigenvalue weighted by molar-refractivity contribution is 6.03. The normalized spacial score (nSPS) is 12.7. The zero-order valence-corrected chi connectivity index (χ0v) is 16.1. The van der Waals surface area contributed by atoms with Gasteiger partial charge in [0, 0.05) is 12.1 Å². The number of carbonyl (C=O) groups is 3. The van der Waals surface area contributed by atoms with Crippen molar-refractivity contribution >= 4 is 29.2 Å². The van der Waals surface area contributed by atoms with Crippen LogP contribution < -0.4 is 24.4 Å². The third kappa shape index (κ3) is 4.23. The van der Waals surface area contributed by atoms with Crippen molar-refractivity contribution in [3.05, 3.63) is 41.5 Å². The van der Waals surface area contributed by atoms with Crippen LogP contribution in [0.5, 0.6) is 17.2 Å². The lowest BCUT2D eigenvalue weighted by Gasteiger charge is -2.29. The predicted molar refractivity (Wildman–Crippen MR) is 104 cm³/mol. The fourth-order valence-corrected chi connectivity index (χ4v) is 3.02. The maximum absolute atomic E-state index is 12.6. The van der Waals surface area contributed by atoms with Gasteiger partial charge in [0.1, 0.15) is 6.54 Å². The topological polar surface area (TPSA) is 114 Å². The summed E-state index contributed by atoms with van der Waals surface area (Å²) in [5, 5.41) is 12.0. The van der Waals surface area contributed by atoms with Crippen LogP contribution in [0.1, 0.15) is 15.9 Å². The summed E-state index contributed by atoms with van der Waals surface area (Å²) in [5.41, 5.74) is 1.47. The van der Waals surface area contributed by atoms with Crippen molar-refractivity contribution < 1.29 is 33.7 Å². The number of carboxylic acid groups (broad SMARTS) is 1. The molecule has 1 aliphatic rings. The molecule has 0 spiro atoms. The number of anilines is 2. The van der Waals surface area contributed by atoms with Gasteiger partial charge in [-0.05, 0) is 24.6 Å². The monoisotopic (exact) mass is 400 g/mol. The van der Waals surface area contributed by atoms with Gasteiger partial charge in [0.15, 0.2) is 17.2 Å². The van der Waals surface area contributed by atoms with E-state index in [9.17, 15) is 19.5 Å². The molecule has 1 amide bonds. The summed E-state index contributed by atoms with van der Waals surface area (Å²) >= 11 is 0. The summed E-state index contributed by atoms with van der Waals surface area (Å²) in [5.74, 6) is -1.34. The van der Waals surface area contributed by atoms with Crippen LogP contribution in [-0.4, -0.2) is 50.3 Å². The second kappa shape index (κ2) is 8.09. The van der Waals surface area contributed by atoms with Crippen molar-refractivity contribution in [2.45, 2.75) is 6.92 Å². The van der Waals surface area contributed by atoms with Crippen molar-refractivity contribution in [2.24, 2.45) is 0 Å². The number of benzene rings is 2. The third-order valence-electron chi connectivity index (χ3n) is 4.36. The quantitative estimate of drug-likeness (QED) is 0.560. The molecule has 1 aliphatic heterocycles. The van der Waals surface area contributed by atoms with E-state index in [1.165, 1.54) is 26.4 Å². The molecule has 0 saturated heterocycles. The van der Waals surface area contributed by atoms with Gasteiger partial charge in [-0.15, -0.1) is 0 Å². The molecular formula is C20H20N2O7. The van der Waals surface area contributed by atoms with Crippen molar-refractivity contribution in [2.75, 3.05) is 37.5 Å². The minimum Gasteiger partial charge on any atom is -0.493 e. The first-order chi connectivity index (χ1) is 13.8. The Morgan fingerprint density at radius 3 is 2.52 bits per heavy atom. The Kier molecular flexibility index (Phi) is 5.58. The van der Waals surface area contributed by atoms with E-state index in [0.29, 0.717) is 11.4 Å². The summed E-state index contributed by atoms with van der Waals surface area (Å²) in [7, 11) is 2.79. The number of rotatable bonds is 6. The highest BCUT2D eigenvalue weighted by Crippen LogP contribution is 2.34. The molecule has 2 N–H and O–H groups in total. The average Bonchev–Trinajstić information content (AvgIpc) is 2.67. The van der Waals surface area contributed by atoms with Crippen LogP contribution in [-0.2, 0) is 9.59 Å². The lowest BCUT2D eigenvalue weighted by atomic mass is 10.1. The number of ether oxygens (including phenoxy) is 3. The first kappa shape index (κ1) is 20.0. The van der Waals surface area contributed by atoms with Crippen LogP contribution in [0.25, 0.3) is 0 Å². The highest BCUT2D eigenvalue weighted by Gasteiger charge is 2.26. The van der Waals surface area contributed by atoms with Crippen molar-refractivity contribution in [1.82, 2.24) is 0 Å². The number of carboxylic acids is 1. The molecule has 0 bridgehead atoms. The van der Waals surface area contributed by atoms with Crippen molar-refractivity contribution in [1.29, 1.82) is 0 Å². The van der Waals surface area contributed by atoms with Gasteiger partial charge in [0.2, 0.25) is 5.91 Å². The van der Waals surface area contributed by atoms with Crippen LogP contribution in [0.4, 0.5) is 11.4 Å². The number of hydrogen-bond donors (Lipinski definition) is 2. The second-order valence-corrected chi connectivity index (χ2v) is 6.41. The zero-order valence-electron chi connectivity index (χ0n) is 16.1. The summed E-state index contributed by atoms with van der Waals surface area (Å²) in [4.78, 5) is 37.7.